The lowest BCUT2D eigenvalue weighted by atomic mass is 10.2. The van der Waals surface area contributed by atoms with Gasteiger partial charge in [-0.25, -0.2) is 19.3 Å². The Labute approximate surface area is 262 Å². The zero-order valence-electron chi connectivity index (χ0n) is 25.2. The van der Waals surface area contributed by atoms with E-state index in [0.29, 0.717) is 29.0 Å². The molecule has 2 aromatic rings. The van der Waals surface area contributed by atoms with Gasteiger partial charge < -0.3 is 24.4 Å². The van der Waals surface area contributed by atoms with Crippen molar-refractivity contribution in [2.24, 2.45) is 0 Å². The molecule has 0 radical (unpaired) electrons. The number of benzene rings is 2. The highest BCUT2D eigenvalue weighted by atomic mass is 16.6. The third kappa shape index (κ3) is 10.7. The van der Waals surface area contributed by atoms with E-state index in [4.69, 9.17) is 19.6 Å². The molecular weight excluding hydrogens is 610 g/mol. The lowest BCUT2D eigenvalue weighted by molar-refractivity contribution is -0.385. The van der Waals surface area contributed by atoms with E-state index in [1.165, 1.54) is 53.4 Å². The second-order valence-corrected chi connectivity index (χ2v) is 11.0. The highest BCUT2D eigenvalue weighted by molar-refractivity contribution is 6.02. The van der Waals surface area contributed by atoms with Gasteiger partial charge in [-0.05, 0) is 62.6 Å². The average molecular weight is 644 g/mol. The van der Waals surface area contributed by atoms with Crippen molar-refractivity contribution in [1.29, 1.82) is 5.41 Å². The SMILES string of the molecule is CC(C)(C)OC(=O)N1CC[C@H](NC(=O)CN(C(=N)NC(=O)OCc2ccc([N+](=O)[O-])cc2)C(=O)OCc2ccc([N+](=O)[O-])cc2)C1. The molecule has 1 aliphatic heterocycles. The van der Waals surface area contributed by atoms with Crippen LogP contribution >= 0.6 is 0 Å². The smallest absolute Gasteiger partial charge is 0.417 e. The number of carbonyl (C=O) groups excluding carboxylic acids is 4. The summed E-state index contributed by atoms with van der Waals surface area (Å²) in [6.07, 6.45) is -2.50. The van der Waals surface area contributed by atoms with Crippen molar-refractivity contribution in [3.8, 4) is 0 Å². The number of hydrogen-bond donors (Lipinski definition) is 3. The third-order valence-corrected chi connectivity index (χ3v) is 6.24. The minimum Gasteiger partial charge on any atom is -0.444 e. The Kier molecular flexibility index (Phi) is 11.5. The number of nitrogens with one attached hydrogen (secondary N) is 3. The van der Waals surface area contributed by atoms with Crippen molar-refractivity contribution in [3.63, 3.8) is 0 Å². The summed E-state index contributed by atoms with van der Waals surface area (Å²) >= 11 is 0. The molecule has 1 aliphatic rings. The van der Waals surface area contributed by atoms with Crippen LogP contribution in [0.2, 0.25) is 0 Å². The first-order valence-corrected chi connectivity index (χ1v) is 13.8. The summed E-state index contributed by atoms with van der Waals surface area (Å²) in [5.74, 6) is -1.59. The number of non-ortho nitro benzene ring substituents is 2. The van der Waals surface area contributed by atoms with Crippen molar-refractivity contribution in [1.82, 2.24) is 20.4 Å². The molecular formula is C28H33N7O11. The number of amides is 4. The molecule has 0 unspecified atom stereocenters. The number of nitro benzene ring substituents is 2. The molecule has 1 fully saturated rings. The lowest BCUT2D eigenvalue weighted by Crippen LogP contribution is -2.52. The summed E-state index contributed by atoms with van der Waals surface area (Å²) in [7, 11) is 0. The van der Waals surface area contributed by atoms with Gasteiger partial charge in [0.05, 0.1) is 9.85 Å². The van der Waals surface area contributed by atoms with Gasteiger partial charge in [-0.3, -0.25) is 35.7 Å². The largest absolute Gasteiger partial charge is 0.444 e. The summed E-state index contributed by atoms with van der Waals surface area (Å²) < 4.78 is 15.6. The average Bonchev–Trinajstić information content (AvgIpc) is 3.45. The fourth-order valence-electron chi connectivity index (χ4n) is 4.02. The van der Waals surface area contributed by atoms with Gasteiger partial charge in [0.25, 0.3) is 11.4 Å². The molecule has 4 amide bonds. The van der Waals surface area contributed by atoms with E-state index in [1.807, 2.05) is 5.32 Å². The van der Waals surface area contributed by atoms with Crippen molar-refractivity contribution in [2.45, 2.75) is 52.0 Å². The van der Waals surface area contributed by atoms with Crippen molar-refractivity contribution in [2.75, 3.05) is 19.6 Å². The molecule has 246 valence electrons. The summed E-state index contributed by atoms with van der Waals surface area (Å²) in [5, 5.41) is 34.7. The monoisotopic (exact) mass is 643 g/mol. The van der Waals surface area contributed by atoms with Gasteiger partial charge >= 0.3 is 18.3 Å². The fraction of sp³-hybridized carbons (Fsp3) is 0.393. The van der Waals surface area contributed by atoms with Crippen molar-refractivity contribution < 1.29 is 43.2 Å². The standard InChI is InChI=1S/C28H33N7O11/c1-28(2,3)46-26(38)32-13-12-20(14-32)30-23(36)15-33(27(39)45-17-19-6-10-22(11-7-19)35(42)43)24(29)31-25(37)44-16-18-4-8-21(9-5-18)34(40)41/h4-11,20H,12-17H2,1-3H3,(H,30,36)(H2,29,31,37)/t20-/m0/s1. The molecule has 3 N–H and O–H groups in total. The molecule has 0 aromatic heterocycles. The first-order valence-electron chi connectivity index (χ1n) is 13.8. The van der Waals surface area contributed by atoms with Crippen LogP contribution in [0.25, 0.3) is 0 Å². The van der Waals surface area contributed by atoms with Gasteiger partial charge in [-0.15, -0.1) is 0 Å². The molecule has 1 atom stereocenters. The lowest BCUT2D eigenvalue weighted by Gasteiger charge is -2.25. The normalized spacial score (nSPS) is 14.1. The topological polar surface area (TPSA) is 237 Å². The van der Waals surface area contributed by atoms with Crippen LogP contribution in [0.4, 0.5) is 25.8 Å². The molecule has 0 aliphatic carbocycles. The van der Waals surface area contributed by atoms with Crippen molar-refractivity contribution >= 4 is 41.5 Å². The Bertz CT molecular complexity index is 1470. The van der Waals surface area contributed by atoms with E-state index in [-0.39, 0.29) is 31.1 Å². The van der Waals surface area contributed by atoms with Crippen LogP contribution in [-0.2, 0) is 32.2 Å². The molecule has 1 heterocycles. The number of ether oxygens (including phenoxy) is 3. The summed E-state index contributed by atoms with van der Waals surface area (Å²) in [6, 6.07) is 9.84. The Balaban J connectivity index is 1.62. The number of alkyl carbamates (subject to hydrolysis) is 1. The Morgan fingerprint density at radius 3 is 1.96 bits per heavy atom. The molecule has 2 aromatic carbocycles. The molecule has 0 bridgehead atoms. The number of hydrogen-bond acceptors (Lipinski definition) is 12. The molecule has 0 spiro atoms. The first-order chi connectivity index (χ1) is 21.6. The van der Waals surface area contributed by atoms with E-state index in [2.05, 4.69) is 5.32 Å². The summed E-state index contributed by atoms with van der Waals surface area (Å²) in [5.41, 5.74) is -0.263. The second-order valence-electron chi connectivity index (χ2n) is 11.0. The van der Waals surface area contributed by atoms with Crippen LogP contribution in [0.5, 0.6) is 0 Å². The quantitative estimate of drug-likeness (QED) is 0.118. The molecule has 3 rings (SSSR count). The summed E-state index contributed by atoms with van der Waals surface area (Å²) in [6.45, 7) is 4.19. The zero-order valence-corrected chi connectivity index (χ0v) is 25.2. The van der Waals surface area contributed by atoms with Gasteiger partial charge in [0, 0.05) is 43.4 Å². The molecule has 18 heteroatoms. The number of carbonyl (C=O) groups is 4. The number of likely N-dealkylation sites (tertiary alicyclic amines) is 1. The highest BCUT2D eigenvalue weighted by Crippen LogP contribution is 2.16. The maximum Gasteiger partial charge on any atom is 0.417 e. The first kappa shape index (κ1) is 34.7. The molecule has 1 saturated heterocycles. The van der Waals surface area contributed by atoms with Gasteiger partial charge in [0.1, 0.15) is 25.4 Å². The van der Waals surface area contributed by atoms with E-state index < -0.39 is 58.2 Å². The van der Waals surface area contributed by atoms with Crippen molar-refractivity contribution in [3.05, 3.63) is 79.9 Å². The predicted molar refractivity (Wildman–Crippen MR) is 158 cm³/mol. The Hall–Kier alpha value is -5.81. The van der Waals surface area contributed by atoms with Crippen LogP contribution in [-0.4, -0.2) is 81.1 Å². The highest BCUT2D eigenvalue weighted by Gasteiger charge is 2.32. The maximum absolute atomic E-state index is 13.0. The number of nitrogens with zero attached hydrogens (tertiary/aromatic N) is 4. The van der Waals surface area contributed by atoms with Crippen LogP contribution in [0.3, 0.4) is 0 Å². The van der Waals surface area contributed by atoms with Crippen LogP contribution in [0, 0.1) is 25.6 Å². The van der Waals surface area contributed by atoms with E-state index in [1.54, 1.807) is 20.8 Å². The van der Waals surface area contributed by atoms with Crippen LogP contribution in [0.15, 0.2) is 48.5 Å². The van der Waals surface area contributed by atoms with Crippen LogP contribution in [0.1, 0.15) is 38.3 Å². The minimum absolute atomic E-state index is 0.149. The Morgan fingerprint density at radius 1 is 0.935 bits per heavy atom. The van der Waals surface area contributed by atoms with E-state index >= 15 is 0 Å². The maximum atomic E-state index is 13.0. The van der Waals surface area contributed by atoms with Gasteiger partial charge in [-0.2, -0.15) is 0 Å². The summed E-state index contributed by atoms with van der Waals surface area (Å²) in [4.78, 5) is 73.1. The van der Waals surface area contributed by atoms with E-state index in [9.17, 15) is 39.4 Å². The molecule has 46 heavy (non-hydrogen) atoms. The predicted octanol–water partition coefficient (Wildman–Crippen LogP) is 3.43. The zero-order chi connectivity index (χ0) is 34.0. The van der Waals surface area contributed by atoms with E-state index in [0.717, 1.165) is 0 Å². The number of rotatable bonds is 9. The minimum atomic E-state index is -1.20. The number of guanidine groups is 1. The number of nitro groups is 2. The van der Waals surface area contributed by atoms with Gasteiger partial charge in [0.15, 0.2) is 0 Å². The van der Waals surface area contributed by atoms with Gasteiger partial charge in [0.2, 0.25) is 11.9 Å². The van der Waals surface area contributed by atoms with Crippen LogP contribution < -0.4 is 10.6 Å². The second kappa shape index (κ2) is 15.3. The third-order valence-electron chi connectivity index (χ3n) is 6.24. The molecule has 18 nitrogen and oxygen atoms in total. The fourth-order valence-corrected chi connectivity index (χ4v) is 4.02. The van der Waals surface area contributed by atoms with Gasteiger partial charge in [-0.1, -0.05) is 0 Å². The molecule has 0 saturated carbocycles. The Morgan fingerprint density at radius 2 is 1.46 bits per heavy atom.